The van der Waals surface area contributed by atoms with Gasteiger partial charge in [-0.05, 0) is 74.5 Å². The molecule has 1 saturated heterocycles. The molecule has 0 unspecified atom stereocenters. The SMILES string of the molecule is COc1ccc2ncc(Cl)c([C@H](F)CCC3(CC(=O)O)CCN(CCSc4ccncc4)CC3)c2c1. The van der Waals surface area contributed by atoms with Gasteiger partial charge in [-0.15, -0.1) is 11.8 Å². The van der Waals surface area contributed by atoms with Gasteiger partial charge in [0.1, 0.15) is 11.9 Å². The molecule has 0 saturated carbocycles. The zero-order chi connectivity index (χ0) is 25.5. The third-order valence-electron chi connectivity index (χ3n) is 7.08. The molecule has 36 heavy (non-hydrogen) atoms. The highest BCUT2D eigenvalue weighted by Crippen LogP contribution is 2.44. The quantitative estimate of drug-likeness (QED) is 0.286. The fraction of sp³-hybridized carbons (Fsp3) is 0.444. The number of rotatable bonds is 11. The van der Waals surface area contributed by atoms with E-state index in [1.165, 1.54) is 11.1 Å². The average molecular weight is 532 g/mol. The van der Waals surface area contributed by atoms with Crippen LogP contribution in [0.1, 0.15) is 43.8 Å². The molecule has 6 nitrogen and oxygen atoms in total. The van der Waals surface area contributed by atoms with Gasteiger partial charge in [-0.2, -0.15) is 0 Å². The first kappa shape index (κ1) is 26.6. The molecule has 1 fully saturated rings. The normalized spacial score (nSPS) is 16.6. The molecule has 3 heterocycles. The van der Waals surface area contributed by atoms with Gasteiger partial charge < -0.3 is 14.7 Å². The number of likely N-dealkylation sites (tertiary alicyclic amines) is 1. The summed E-state index contributed by atoms with van der Waals surface area (Å²) in [6.07, 6.45) is 5.97. The van der Waals surface area contributed by atoms with Crippen molar-refractivity contribution < 1.29 is 19.0 Å². The summed E-state index contributed by atoms with van der Waals surface area (Å²) in [6.45, 7) is 2.57. The Hall–Kier alpha value is -2.42. The lowest BCUT2D eigenvalue weighted by Gasteiger charge is -2.41. The Balaban J connectivity index is 1.39. The van der Waals surface area contributed by atoms with E-state index in [0.29, 0.717) is 28.6 Å². The first-order chi connectivity index (χ1) is 17.4. The van der Waals surface area contributed by atoms with E-state index in [4.69, 9.17) is 16.3 Å². The van der Waals surface area contributed by atoms with Crippen molar-refractivity contribution in [2.24, 2.45) is 5.41 Å². The number of aromatic nitrogens is 2. The summed E-state index contributed by atoms with van der Waals surface area (Å²) in [7, 11) is 1.56. The molecule has 4 rings (SSSR count). The van der Waals surface area contributed by atoms with Crippen LogP contribution in [-0.2, 0) is 4.79 Å². The van der Waals surface area contributed by atoms with E-state index in [-0.39, 0.29) is 17.9 Å². The average Bonchev–Trinajstić information content (AvgIpc) is 2.88. The van der Waals surface area contributed by atoms with Gasteiger partial charge in [0.2, 0.25) is 0 Å². The Morgan fingerprint density at radius 2 is 2.03 bits per heavy atom. The molecule has 0 bridgehead atoms. The van der Waals surface area contributed by atoms with Gasteiger partial charge in [0.25, 0.3) is 0 Å². The zero-order valence-corrected chi connectivity index (χ0v) is 21.9. The van der Waals surface area contributed by atoms with Crippen LogP contribution < -0.4 is 4.74 Å². The lowest BCUT2D eigenvalue weighted by atomic mass is 9.71. The van der Waals surface area contributed by atoms with Crippen molar-refractivity contribution >= 4 is 40.2 Å². The van der Waals surface area contributed by atoms with E-state index in [2.05, 4.69) is 14.9 Å². The minimum atomic E-state index is -1.32. The third kappa shape index (κ3) is 6.66. The molecule has 1 aliphatic heterocycles. The molecular formula is C27H31ClFN3O3S. The molecule has 1 aromatic carbocycles. The zero-order valence-electron chi connectivity index (χ0n) is 20.3. The summed E-state index contributed by atoms with van der Waals surface area (Å²) >= 11 is 8.19. The van der Waals surface area contributed by atoms with Crippen molar-refractivity contribution in [1.29, 1.82) is 0 Å². The highest BCUT2D eigenvalue weighted by Gasteiger charge is 2.37. The first-order valence-corrected chi connectivity index (χ1v) is 13.5. The monoisotopic (exact) mass is 531 g/mol. The first-order valence-electron chi connectivity index (χ1n) is 12.1. The molecule has 1 atom stereocenters. The van der Waals surface area contributed by atoms with E-state index in [0.717, 1.165) is 38.2 Å². The lowest BCUT2D eigenvalue weighted by Crippen LogP contribution is -2.42. The molecular weight excluding hydrogens is 501 g/mol. The molecule has 2 aromatic heterocycles. The standard InChI is InChI=1S/C27H31ClFN3O3S/c1-35-19-2-3-24-21(16-19)26(22(28)18-31-24)23(29)4-7-27(17-25(33)34)8-12-32(13-9-27)14-15-36-20-5-10-30-11-6-20/h2-3,5-6,10-11,16,18,23H,4,7-9,12-15,17H2,1H3,(H,33,34)/t23-/m1/s1. The number of pyridine rings is 2. The van der Waals surface area contributed by atoms with Crippen LogP contribution in [0, 0.1) is 5.41 Å². The van der Waals surface area contributed by atoms with Crippen molar-refractivity contribution in [3.8, 4) is 5.75 Å². The van der Waals surface area contributed by atoms with Crippen LogP contribution in [0.25, 0.3) is 10.9 Å². The number of thioether (sulfide) groups is 1. The van der Waals surface area contributed by atoms with Gasteiger partial charge in [-0.3, -0.25) is 14.8 Å². The number of carbonyl (C=O) groups is 1. The number of nitrogens with zero attached hydrogens (tertiary/aromatic N) is 3. The van der Waals surface area contributed by atoms with Crippen molar-refractivity contribution in [1.82, 2.24) is 14.9 Å². The van der Waals surface area contributed by atoms with E-state index in [1.54, 1.807) is 49.5 Å². The second kappa shape index (κ2) is 12.2. The molecule has 1 aliphatic rings. The van der Waals surface area contributed by atoms with Crippen molar-refractivity contribution in [3.05, 3.63) is 59.5 Å². The molecule has 0 radical (unpaired) electrons. The summed E-state index contributed by atoms with van der Waals surface area (Å²) in [5.41, 5.74) is 0.630. The maximum absolute atomic E-state index is 15.7. The molecule has 3 aromatic rings. The minimum absolute atomic E-state index is 0.0535. The number of hydrogen-bond donors (Lipinski definition) is 1. The third-order valence-corrected chi connectivity index (χ3v) is 8.37. The summed E-state index contributed by atoms with van der Waals surface area (Å²) in [6, 6.07) is 9.33. The molecule has 192 valence electrons. The topological polar surface area (TPSA) is 75.6 Å². The van der Waals surface area contributed by atoms with Gasteiger partial charge in [0, 0.05) is 46.7 Å². The summed E-state index contributed by atoms with van der Waals surface area (Å²) in [5, 5.41) is 10.5. The number of aliphatic carboxylic acids is 1. The van der Waals surface area contributed by atoms with Crippen molar-refractivity contribution in [3.63, 3.8) is 0 Å². The molecule has 0 aliphatic carbocycles. The number of fused-ring (bicyclic) bond motifs is 1. The van der Waals surface area contributed by atoms with Crippen molar-refractivity contribution in [2.45, 2.75) is 43.2 Å². The summed E-state index contributed by atoms with van der Waals surface area (Å²) in [5.74, 6) is 0.737. The van der Waals surface area contributed by atoms with Crippen LogP contribution in [0.15, 0.2) is 53.8 Å². The smallest absolute Gasteiger partial charge is 0.303 e. The summed E-state index contributed by atoms with van der Waals surface area (Å²) in [4.78, 5) is 23.7. The Morgan fingerprint density at radius 1 is 1.28 bits per heavy atom. The Labute approximate surface area is 220 Å². The highest BCUT2D eigenvalue weighted by atomic mass is 35.5. The predicted molar refractivity (Wildman–Crippen MR) is 142 cm³/mol. The number of ether oxygens (including phenoxy) is 1. The number of benzene rings is 1. The Bertz CT molecular complexity index is 1180. The second-order valence-corrected chi connectivity index (χ2v) is 10.9. The number of hydrogen-bond acceptors (Lipinski definition) is 6. The predicted octanol–water partition coefficient (Wildman–Crippen LogP) is 6.43. The fourth-order valence-electron chi connectivity index (χ4n) is 5.00. The van der Waals surface area contributed by atoms with Gasteiger partial charge in [-0.25, -0.2) is 4.39 Å². The fourth-order valence-corrected chi connectivity index (χ4v) is 6.17. The Kier molecular flexibility index (Phi) is 9.04. The second-order valence-electron chi connectivity index (χ2n) is 9.35. The van der Waals surface area contributed by atoms with Crippen LogP contribution in [0.4, 0.5) is 4.39 Å². The number of alkyl halides is 1. The Morgan fingerprint density at radius 3 is 2.72 bits per heavy atom. The van der Waals surface area contributed by atoms with Crippen LogP contribution >= 0.6 is 23.4 Å². The number of carboxylic acids is 1. The lowest BCUT2D eigenvalue weighted by molar-refractivity contribution is -0.141. The molecule has 0 spiro atoms. The van der Waals surface area contributed by atoms with E-state index >= 15 is 4.39 Å². The van der Waals surface area contributed by atoms with Gasteiger partial charge in [0.15, 0.2) is 0 Å². The molecule has 0 amide bonds. The number of methoxy groups -OCH3 is 1. The van der Waals surface area contributed by atoms with Crippen molar-refractivity contribution in [2.75, 3.05) is 32.5 Å². The largest absolute Gasteiger partial charge is 0.497 e. The molecule has 1 N–H and O–H groups in total. The van der Waals surface area contributed by atoms with Crippen LogP contribution in [0.5, 0.6) is 5.75 Å². The maximum atomic E-state index is 15.7. The van der Waals surface area contributed by atoms with Gasteiger partial charge in [0.05, 0.1) is 24.1 Å². The maximum Gasteiger partial charge on any atom is 0.303 e. The van der Waals surface area contributed by atoms with Crippen LogP contribution in [-0.4, -0.2) is 58.4 Å². The van der Waals surface area contributed by atoms with E-state index < -0.39 is 17.6 Å². The van der Waals surface area contributed by atoms with E-state index in [1.807, 2.05) is 12.1 Å². The minimum Gasteiger partial charge on any atom is -0.497 e. The van der Waals surface area contributed by atoms with E-state index in [9.17, 15) is 9.90 Å². The highest BCUT2D eigenvalue weighted by molar-refractivity contribution is 7.99. The van der Waals surface area contributed by atoms with Crippen LogP contribution in [0.3, 0.4) is 0 Å². The van der Waals surface area contributed by atoms with Gasteiger partial charge >= 0.3 is 5.97 Å². The van der Waals surface area contributed by atoms with Gasteiger partial charge in [-0.1, -0.05) is 11.6 Å². The van der Waals surface area contributed by atoms with Crippen LogP contribution in [0.2, 0.25) is 5.02 Å². The number of piperidine rings is 1. The molecule has 9 heteroatoms. The number of halogens is 2. The number of carboxylic acid groups (broad SMARTS) is 1. The summed E-state index contributed by atoms with van der Waals surface area (Å²) < 4.78 is 21.0.